The Morgan fingerprint density at radius 3 is 2.49 bits per heavy atom. The SMILES string of the molecule is O=C(c1cccc(CSc2nnc(Cc3ccccc3)n2-c2cccc(Cl)c2)c1)N1CCOCC1. The summed E-state index contributed by atoms with van der Waals surface area (Å²) in [5, 5.41) is 10.5. The molecule has 0 unspecified atom stereocenters. The van der Waals surface area contributed by atoms with Gasteiger partial charge in [0.1, 0.15) is 5.82 Å². The average Bonchev–Trinajstić information content (AvgIpc) is 3.30. The first kappa shape index (κ1) is 23.6. The van der Waals surface area contributed by atoms with Gasteiger partial charge in [0.2, 0.25) is 0 Å². The summed E-state index contributed by atoms with van der Waals surface area (Å²) < 4.78 is 7.43. The van der Waals surface area contributed by atoms with Gasteiger partial charge in [-0.25, -0.2) is 0 Å². The van der Waals surface area contributed by atoms with Gasteiger partial charge in [-0.15, -0.1) is 10.2 Å². The predicted molar refractivity (Wildman–Crippen MR) is 138 cm³/mol. The van der Waals surface area contributed by atoms with Gasteiger partial charge in [0.25, 0.3) is 5.91 Å². The van der Waals surface area contributed by atoms with E-state index < -0.39 is 0 Å². The molecule has 1 fully saturated rings. The fourth-order valence-corrected chi connectivity index (χ4v) is 5.15. The minimum absolute atomic E-state index is 0.0485. The van der Waals surface area contributed by atoms with E-state index >= 15 is 0 Å². The molecule has 1 aromatic heterocycles. The van der Waals surface area contributed by atoms with Gasteiger partial charge in [-0.2, -0.15) is 0 Å². The van der Waals surface area contributed by atoms with Crippen LogP contribution >= 0.6 is 23.4 Å². The van der Waals surface area contributed by atoms with E-state index in [2.05, 4.69) is 26.9 Å². The lowest BCUT2D eigenvalue weighted by molar-refractivity contribution is 0.0303. The van der Waals surface area contributed by atoms with Crippen LogP contribution in [0.1, 0.15) is 27.3 Å². The molecule has 35 heavy (non-hydrogen) atoms. The van der Waals surface area contributed by atoms with Crippen molar-refractivity contribution in [3.8, 4) is 5.69 Å². The summed E-state index contributed by atoms with van der Waals surface area (Å²) in [5.41, 5.74) is 3.84. The predicted octanol–water partition coefficient (Wildman–Crippen LogP) is 5.28. The fourth-order valence-electron chi connectivity index (χ4n) is 4.05. The third kappa shape index (κ3) is 5.75. The number of carbonyl (C=O) groups excluding carboxylic acids is 1. The van der Waals surface area contributed by atoms with Crippen molar-refractivity contribution in [2.45, 2.75) is 17.3 Å². The highest BCUT2D eigenvalue weighted by Gasteiger charge is 2.19. The molecule has 5 rings (SSSR count). The van der Waals surface area contributed by atoms with Crippen LogP contribution in [-0.2, 0) is 16.9 Å². The number of hydrogen-bond donors (Lipinski definition) is 0. The largest absolute Gasteiger partial charge is 0.378 e. The lowest BCUT2D eigenvalue weighted by Crippen LogP contribution is -2.40. The number of halogens is 1. The van der Waals surface area contributed by atoms with Crippen LogP contribution in [0.5, 0.6) is 0 Å². The van der Waals surface area contributed by atoms with Crippen LogP contribution in [0.3, 0.4) is 0 Å². The van der Waals surface area contributed by atoms with Gasteiger partial charge in [-0.3, -0.25) is 9.36 Å². The molecule has 1 amide bonds. The zero-order valence-electron chi connectivity index (χ0n) is 19.1. The summed E-state index contributed by atoms with van der Waals surface area (Å²) in [6.45, 7) is 2.44. The molecule has 0 radical (unpaired) electrons. The molecular weight excluding hydrogens is 480 g/mol. The number of benzene rings is 3. The number of nitrogens with zero attached hydrogens (tertiary/aromatic N) is 4. The minimum Gasteiger partial charge on any atom is -0.378 e. The maximum absolute atomic E-state index is 12.9. The topological polar surface area (TPSA) is 60.2 Å². The first-order valence-electron chi connectivity index (χ1n) is 11.5. The van der Waals surface area contributed by atoms with E-state index in [4.69, 9.17) is 16.3 Å². The van der Waals surface area contributed by atoms with Gasteiger partial charge < -0.3 is 9.64 Å². The number of thioether (sulfide) groups is 1. The standard InChI is InChI=1S/C27H25ClN4O2S/c28-23-10-5-11-24(18-23)32-25(17-20-6-2-1-3-7-20)29-30-27(32)35-19-21-8-4-9-22(16-21)26(33)31-12-14-34-15-13-31/h1-11,16,18H,12-15,17,19H2. The Hall–Kier alpha value is -3.13. The summed E-state index contributed by atoms with van der Waals surface area (Å²) >= 11 is 7.90. The molecule has 0 saturated carbocycles. The van der Waals surface area contributed by atoms with Gasteiger partial charge in [0.05, 0.1) is 18.9 Å². The van der Waals surface area contributed by atoms with Crippen molar-refractivity contribution in [2.24, 2.45) is 0 Å². The highest BCUT2D eigenvalue weighted by Crippen LogP contribution is 2.28. The lowest BCUT2D eigenvalue weighted by Gasteiger charge is -2.27. The Morgan fingerprint density at radius 2 is 1.69 bits per heavy atom. The number of aromatic nitrogens is 3. The number of amides is 1. The van der Waals surface area contributed by atoms with E-state index in [1.807, 2.05) is 71.6 Å². The Labute approximate surface area is 213 Å². The summed E-state index contributed by atoms with van der Waals surface area (Å²) in [4.78, 5) is 14.7. The normalized spacial score (nSPS) is 13.7. The number of carbonyl (C=O) groups is 1. The van der Waals surface area contributed by atoms with Gasteiger partial charge in [-0.05, 0) is 41.5 Å². The zero-order valence-corrected chi connectivity index (χ0v) is 20.7. The van der Waals surface area contributed by atoms with Crippen molar-refractivity contribution >= 4 is 29.3 Å². The molecule has 178 valence electrons. The van der Waals surface area contributed by atoms with Crippen LogP contribution in [0.15, 0.2) is 84.0 Å². The Kier molecular flexibility index (Phi) is 7.47. The van der Waals surface area contributed by atoms with Gasteiger partial charge in [-0.1, -0.05) is 71.9 Å². The maximum atomic E-state index is 12.9. The van der Waals surface area contributed by atoms with Crippen molar-refractivity contribution in [3.05, 3.63) is 106 Å². The third-order valence-electron chi connectivity index (χ3n) is 5.81. The first-order chi connectivity index (χ1) is 17.2. The van der Waals surface area contributed by atoms with E-state index in [0.29, 0.717) is 49.1 Å². The molecule has 1 saturated heterocycles. The molecule has 3 aromatic carbocycles. The molecule has 1 aliphatic heterocycles. The zero-order chi connectivity index (χ0) is 24.0. The van der Waals surface area contributed by atoms with E-state index in [9.17, 15) is 4.79 Å². The molecule has 1 aliphatic rings. The molecule has 8 heteroatoms. The summed E-state index contributed by atoms with van der Waals surface area (Å²) in [5.74, 6) is 1.55. The smallest absolute Gasteiger partial charge is 0.254 e. The summed E-state index contributed by atoms with van der Waals surface area (Å²) in [6.07, 6.45) is 0.657. The Morgan fingerprint density at radius 1 is 0.914 bits per heavy atom. The number of rotatable bonds is 7. The average molecular weight is 505 g/mol. The molecule has 0 aliphatic carbocycles. The molecule has 2 heterocycles. The monoisotopic (exact) mass is 504 g/mol. The van der Waals surface area contributed by atoms with Gasteiger partial charge in [0, 0.05) is 35.8 Å². The van der Waals surface area contributed by atoms with Crippen LogP contribution in [0.25, 0.3) is 5.69 Å². The molecule has 0 atom stereocenters. The van der Waals surface area contributed by atoms with Crippen LogP contribution in [0.2, 0.25) is 5.02 Å². The van der Waals surface area contributed by atoms with Gasteiger partial charge >= 0.3 is 0 Å². The molecule has 0 spiro atoms. The summed E-state index contributed by atoms with van der Waals surface area (Å²) in [7, 11) is 0. The molecule has 6 nitrogen and oxygen atoms in total. The lowest BCUT2D eigenvalue weighted by atomic mass is 10.1. The highest BCUT2D eigenvalue weighted by molar-refractivity contribution is 7.98. The van der Waals surface area contributed by atoms with E-state index in [1.54, 1.807) is 11.8 Å². The van der Waals surface area contributed by atoms with Crippen LogP contribution in [0, 0.1) is 0 Å². The van der Waals surface area contributed by atoms with Crippen molar-refractivity contribution in [2.75, 3.05) is 26.3 Å². The van der Waals surface area contributed by atoms with Crippen molar-refractivity contribution in [3.63, 3.8) is 0 Å². The van der Waals surface area contributed by atoms with E-state index in [0.717, 1.165) is 27.8 Å². The fraction of sp³-hybridized carbons (Fsp3) is 0.222. The third-order valence-corrected chi connectivity index (χ3v) is 7.05. The molecule has 0 bridgehead atoms. The highest BCUT2D eigenvalue weighted by atomic mass is 35.5. The van der Waals surface area contributed by atoms with Gasteiger partial charge in [0.15, 0.2) is 5.16 Å². The number of hydrogen-bond acceptors (Lipinski definition) is 5. The second-order valence-electron chi connectivity index (χ2n) is 8.27. The molecule has 0 N–H and O–H groups in total. The van der Waals surface area contributed by atoms with Crippen LogP contribution in [-0.4, -0.2) is 51.9 Å². The van der Waals surface area contributed by atoms with Crippen molar-refractivity contribution < 1.29 is 9.53 Å². The van der Waals surface area contributed by atoms with Crippen molar-refractivity contribution in [1.29, 1.82) is 0 Å². The van der Waals surface area contributed by atoms with Crippen LogP contribution < -0.4 is 0 Å². The van der Waals surface area contributed by atoms with Crippen molar-refractivity contribution in [1.82, 2.24) is 19.7 Å². The Bertz CT molecular complexity index is 1310. The number of morpholine rings is 1. The number of ether oxygens (including phenoxy) is 1. The quantitative estimate of drug-likeness (QED) is 0.321. The molecule has 4 aromatic rings. The van der Waals surface area contributed by atoms with E-state index in [1.165, 1.54) is 0 Å². The first-order valence-corrected chi connectivity index (χ1v) is 12.9. The second kappa shape index (κ2) is 11.1. The summed E-state index contributed by atoms with van der Waals surface area (Å²) in [6, 6.07) is 25.8. The van der Waals surface area contributed by atoms with E-state index in [-0.39, 0.29) is 5.91 Å². The minimum atomic E-state index is 0.0485. The van der Waals surface area contributed by atoms with Crippen LogP contribution in [0.4, 0.5) is 0 Å². The Balaban J connectivity index is 1.38. The maximum Gasteiger partial charge on any atom is 0.254 e. The molecular formula is C27H25ClN4O2S. The second-order valence-corrected chi connectivity index (χ2v) is 9.65.